The molecule has 2 unspecified atom stereocenters. The first kappa shape index (κ1) is 18.9. The summed E-state index contributed by atoms with van der Waals surface area (Å²) in [5.74, 6) is 1.02. The number of hydrogen-bond acceptors (Lipinski definition) is 5. The Balaban J connectivity index is 1.43. The van der Waals surface area contributed by atoms with Crippen LogP contribution >= 0.6 is 0 Å². The molecule has 29 heavy (non-hydrogen) atoms. The lowest BCUT2D eigenvalue weighted by Gasteiger charge is -2.36. The second-order valence-electron chi connectivity index (χ2n) is 8.57. The van der Waals surface area contributed by atoms with Crippen molar-refractivity contribution in [3.8, 4) is 11.3 Å². The number of nitrogens with zero attached hydrogens (tertiary/aromatic N) is 4. The number of ether oxygens (including phenoxy) is 1. The molecular weight excluding hydrogens is 383 g/mol. The summed E-state index contributed by atoms with van der Waals surface area (Å²) in [5.41, 5.74) is 6.47. The highest BCUT2D eigenvalue weighted by Crippen LogP contribution is 2.59. The van der Waals surface area contributed by atoms with Gasteiger partial charge in [0.05, 0.1) is 17.9 Å². The molecule has 2 aromatic heterocycles. The van der Waals surface area contributed by atoms with Crippen LogP contribution in [0.3, 0.4) is 0 Å². The van der Waals surface area contributed by atoms with Gasteiger partial charge in [-0.15, -0.1) is 0 Å². The minimum absolute atomic E-state index is 0.120. The molecule has 0 bridgehead atoms. The van der Waals surface area contributed by atoms with Crippen LogP contribution in [0.25, 0.3) is 11.3 Å². The number of hydrogen-bond donors (Lipinski definition) is 1. The fourth-order valence-electron chi connectivity index (χ4n) is 4.80. The number of pyridine rings is 1. The molecule has 1 saturated carbocycles. The number of aromatic nitrogens is 3. The van der Waals surface area contributed by atoms with Crippen molar-refractivity contribution in [1.29, 1.82) is 0 Å². The molecule has 5 rings (SSSR count). The van der Waals surface area contributed by atoms with Gasteiger partial charge in [0.15, 0.2) is 0 Å². The molecule has 0 radical (unpaired) electrons. The summed E-state index contributed by atoms with van der Waals surface area (Å²) < 4.78 is 47.2. The Morgan fingerprint density at radius 2 is 1.90 bits per heavy atom. The summed E-state index contributed by atoms with van der Waals surface area (Å²) in [4.78, 5) is 6.17. The van der Waals surface area contributed by atoms with E-state index in [1.54, 1.807) is 0 Å². The first-order chi connectivity index (χ1) is 13.7. The SMILES string of the molecule is CC(C)n1nc(-c2cnc(N)c(C(F)(F)F)c2)cc1C1[C@H]2CN(C3CCO3)C[C@@H]12. The minimum atomic E-state index is -4.54. The van der Waals surface area contributed by atoms with Gasteiger partial charge in [-0.1, -0.05) is 0 Å². The zero-order chi connectivity index (χ0) is 20.5. The van der Waals surface area contributed by atoms with Gasteiger partial charge in [0.25, 0.3) is 0 Å². The monoisotopic (exact) mass is 407 g/mol. The van der Waals surface area contributed by atoms with Crippen LogP contribution in [0.2, 0.25) is 0 Å². The fraction of sp³-hybridized carbons (Fsp3) is 0.600. The number of nitrogens with two attached hydrogens (primary N) is 1. The third-order valence-corrected chi connectivity index (χ3v) is 6.42. The molecular formula is C20H24F3N5O. The minimum Gasteiger partial charge on any atom is -0.383 e. The number of nitrogen functional groups attached to an aromatic ring is 1. The summed E-state index contributed by atoms with van der Waals surface area (Å²) in [6, 6.07) is 3.10. The van der Waals surface area contributed by atoms with Gasteiger partial charge >= 0.3 is 6.18 Å². The van der Waals surface area contributed by atoms with Crippen molar-refractivity contribution in [2.45, 2.75) is 44.6 Å². The highest BCUT2D eigenvalue weighted by Gasteiger charge is 2.59. The predicted octanol–water partition coefficient (Wildman–Crippen LogP) is 3.52. The second-order valence-corrected chi connectivity index (χ2v) is 8.57. The van der Waals surface area contributed by atoms with Crippen molar-refractivity contribution in [2.24, 2.45) is 11.8 Å². The number of halogens is 3. The third kappa shape index (κ3) is 3.11. The average Bonchev–Trinajstić information content (AvgIpc) is 2.96. The maximum Gasteiger partial charge on any atom is 0.419 e. The fourth-order valence-corrected chi connectivity index (χ4v) is 4.80. The molecule has 9 heteroatoms. The summed E-state index contributed by atoms with van der Waals surface area (Å²) in [6.07, 6.45) is -1.80. The van der Waals surface area contributed by atoms with Crippen LogP contribution in [-0.2, 0) is 10.9 Å². The lowest BCUT2D eigenvalue weighted by molar-refractivity contribution is -0.140. The van der Waals surface area contributed by atoms with E-state index < -0.39 is 17.6 Å². The van der Waals surface area contributed by atoms with Gasteiger partial charge in [-0.3, -0.25) is 9.58 Å². The molecule has 2 aliphatic heterocycles. The molecule has 2 N–H and O–H groups in total. The van der Waals surface area contributed by atoms with Crippen LogP contribution < -0.4 is 5.73 Å². The Hall–Kier alpha value is -2.13. The van der Waals surface area contributed by atoms with E-state index >= 15 is 0 Å². The molecule has 3 fully saturated rings. The van der Waals surface area contributed by atoms with Crippen molar-refractivity contribution in [2.75, 3.05) is 25.4 Å². The van der Waals surface area contributed by atoms with Gasteiger partial charge in [-0.05, 0) is 37.8 Å². The third-order valence-electron chi connectivity index (χ3n) is 6.42. The number of anilines is 1. The number of likely N-dealkylation sites (tertiary alicyclic amines) is 1. The largest absolute Gasteiger partial charge is 0.419 e. The summed E-state index contributed by atoms with van der Waals surface area (Å²) in [7, 11) is 0. The van der Waals surface area contributed by atoms with Crippen molar-refractivity contribution in [3.05, 3.63) is 29.6 Å². The second kappa shape index (κ2) is 6.43. The molecule has 0 aromatic carbocycles. The number of alkyl halides is 3. The Morgan fingerprint density at radius 1 is 1.21 bits per heavy atom. The van der Waals surface area contributed by atoms with E-state index in [2.05, 4.69) is 15.0 Å². The maximum atomic E-state index is 13.2. The van der Waals surface area contributed by atoms with Gasteiger partial charge in [-0.25, -0.2) is 4.98 Å². The molecule has 2 aromatic rings. The van der Waals surface area contributed by atoms with E-state index in [0.717, 1.165) is 37.9 Å². The van der Waals surface area contributed by atoms with E-state index in [4.69, 9.17) is 10.5 Å². The summed E-state index contributed by atoms with van der Waals surface area (Å²) >= 11 is 0. The maximum absolute atomic E-state index is 13.2. The van der Waals surface area contributed by atoms with Crippen LogP contribution in [-0.4, -0.2) is 45.6 Å². The highest BCUT2D eigenvalue weighted by molar-refractivity contribution is 5.63. The standard InChI is InChI=1S/C20H24F3N5O/c1-10(2)28-16(18-12-8-27(9-13(12)18)17-3-4-29-17)6-15(26-28)11-5-14(20(21,22)23)19(24)25-7-11/h5-7,10,12-13,17-18H,3-4,8-9H2,1-2H3,(H2,24,25)/t12-,13+,17?,18?. The van der Waals surface area contributed by atoms with Crippen LogP contribution in [0.1, 0.15) is 43.5 Å². The lowest BCUT2D eigenvalue weighted by Crippen LogP contribution is -2.44. The van der Waals surface area contributed by atoms with Crippen molar-refractivity contribution < 1.29 is 17.9 Å². The van der Waals surface area contributed by atoms with Gasteiger partial charge in [0.1, 0.15) is 12.0 Å². The van der Waals surface area contributed by atoms with Crippen LogP contribution in [0.4, 0.5) is 19.0 Å². The lowest BCUT2D eigenvalue weighted by atomic mass is 10.1. The molecule has 4 atom stereocenters. The molecule has 156 valence electrons. The zero-order valence-corrected chi connectivity index (χ0v) is 16.4. The van der Waals surface area contributed by atoms with Crippen LogP contribution in [0.5, 0.6) is 0 Å². The summed E-state index contributed by atoms with van der Waals surface area (Å²) in [5, 5.41) is 4.63. The molecule has 2 saturated heterocycles. The first-order valence-corrected chi connectivity index (χ1v) is 10.0. The molecule has 1 aliphatic carbocycles. The van der Waals surface area contributed by atoms with Crippen LogP contribution in [0.15, 0.2) is 18.3 Å². The van der Waals surface area contributed by atoms with Gasteiger partial charge in [0, 0.05) is 48.9 Å². The number of piperidine rings is 1. The highest BCUT2D eigenvalue weighted by atomic mass is 19.4. The molecule has 0 amide bonds. The normalized spacial score (nSPS) is 29.2. The Kier molecular flexibility index (Phi) is 4.19. The Labute approximate surface area is 166 Å². The van der Waals surface area contributed by atoms with Crippen molar-refractivity contribution in [1.82, 2.24) is 19.7 Å². The molecule has 6 nitrogen and oxygen atoms in total. The van der Waals surface area contributed by atoms with Crippen molar-refractivity contribution in [3.63, 3.8) is 0 Å². The quantitative estimate of drug-likeness (QED) is 0.840. The van der Waals surface area contributed by atoms with Gasteiger partial charge in [0.2, 0.25) is 0 Å². The first-order valence-electron chi connectivity index (χ1n) is 10.0. The molecule has 4 heterocycles. The van der Waals surface area contributed by atoms with E-state index in [0.29, 0.717) is 29.0 Å². The Morgan fingerprint density at radius 3 is 2.45 bits per heavy atom. The molecule has 0 spiro atoms. The molecule has 3 aliphatic rings. The van der Waals surface area contributed by atoms with Crippen molar-refractivity contribution >= 4 is 5.82 Å². The van der Waals surface area contributed by atoms with E-state index in [1.165, 1.54) is 6.20 Å². The smallest absolute Gasteiger partial charge is 0.383 e. The Bertz CT molecular complexity index is 925. The van der Waals surface area contributed by atoms with Gasteiger partial charge in [-0.2, -0.15) is 18.3 Å². The average molecular weight is 407 g/mol. The zero-order valence-electron chi connectivity index (χ0n) is 16.4. The predicted molar refractivity (Wildman–Crippen MR) is 101 cm³/mol. The van der Waals surface area contributed by atoms with E-state index in [1.807, 2.05) is 24.6 Å². The van der Waals surface area contributed by atoms with E-state index in [9.17, 15) is 13.2 Å². The van der Waals surface area contributed by atoms with E-state index in [-0.39, 0.29) is 12.3 Å². The summed E-state index contributed by atoms with van der Waals surface area (Å²) in [6.45, 7) is 6.95. The topological polar surface area (TPSA) is 69.2 Å². The van der Waals surface area contributed by atoms with Gasteiger partial charge < -0.3 is 10.5 Å². The van der Waals surface area contributed by atoms with Crippen LogP contribution in [0, 0.1) is 11.8 Å². The number of rotatable bonds is 4. The number of fused-ring (bicyclic) bond motifs is 1.